The van der Waals surface area contributed by atoms with Crippen LogP contribution in [0.25, 0.3) is 55.6 Å². The minimum absolute atomic E-state index is 0.249. The third-order valence-electron chi connectivity index (χ3n) is 11.2. The molecule has 0 aliphatic heterocycles. The Morgan fingerprint density at radius 3 is 1.20 bits per heavy atom. The van der Waals surface area contributed by atoms with Crippen LogP contribution in [0.5, 0.6) is 0 Å². The maximum absolute atomic E-state index is 2.39. The average molecular weight is 714 g/mol. The van der Waals surface area contributed by atoms with Crippen molar-refractivity contribution in [3.63, 3.8) is 0 Å². The molecule has 0 aromatic heterocycles. The van der Waals surface area contributed by atoms with Gasteiger partial charge in [0.25, 0.3) is 0 Å². The lowest BCUT2D eigenvalue weighted by molar-refractivity contribution is 1.02. The van der Waals surface area contributed by atoms with Crippen molar-refractivity contribution in [1.29, 1.82) is 0 Å². The van der Waals surface area contributed by atoms with Crippen molar-refractivity contribution in [3.8, 4) is 55.6 Å². The number of rotatable bonds is 8. The molecule has 9 aromatic rings. The van der Waals surface area contributed by atoms with Gasteiger partial charge in [-0.15, -0.1) is 0 Å². The molecule has 0 radical (unpaired) electrons. The zero-order valence-electron chi connectivity index (χ0n) is 31.0. The maximum Gasteiger partial charge on any atom is 0.0462 e. The van der Waals surface area contributed by atoms with Gasteiger partial charge in [-0.2, -0.15) is 0 Å². The van der Waals surface area contributed by atoms with E-state index in [2.05, 4.69) is 235 Å². The summed E-state index contributed by atoms with van der Waals surface area (Å²) in [6.45, 7) is 0. The van der Waals surface area contributed by atoms with Gasteiger partial charge in [0.15, 0.2) is 0 Å². The largest absolute Gasteiger partial charge is 0.311 e. The fourth-order valence-electron chi connectivity index (χ4n) is 8.47. The van der Waals surface area contributed by atoms with Gasteiger partial charge in [-0.3, -0.25) is 0 Å². The summed E-state index contributed by atoms with van der Waals surface area (Å²) < 4.78 is 0. The lowest BCUT2D eigenvalue weighted by Crippen LogP contribution is -2.09. The predicted octanol–water partition coefficient (Wildman–Crippen LogP) is 15.0. The van der Waals surface area contributed by atoms with Gasteiger partial charge in [0.1, 0.15) is 0 Å². The van der Waals surface area contributed by atoms with E-state index in [0.717, 1.165) is 17.1 Å². The van der Waals surface area contributed by atoms with Crippen molar-refractivity contribution in [2.75, 3.05) is 4.90 Å². The van der Waals surface area contributed by atoms with Gasteiger partial charge >= 0.3 is 0 Å². The predicted molar refractivity (Wildman–Crippen MR) is 236 cm³/mol. The summed E-state index contributed by atoms with van der Waals surface area (Å²) in [5.74, 6) is 0.249. The van der Waals surface area contributed by atoms with Gasteiger partial charge in [-0.25, -0.2) is 0 Å². The van der Waals surface area contributed by atoms with Crippen molar-refractivity contribution in [2.45, 2.75) is 5.92 Å². The highest BCUT2D eigenvalue weighted by Gasteiger charge is 2.29. The highest BCUT2D eigenvalue weighted by molar-refractivity contribution is 5.87. The molecule has 0 saturated carbocycles. The molecule has 9 aromatic carbocycles. The molecule has 0 saturated heterocycles. The minimum atomic E-state index is 0.249. The normalized spacial score (nSPS) is 12.8. The smallest absolute Gasteiger partial charge is 0.0462 e. The van der Waals surface area contributed by atoms with Crippen molar-refractivity contribution < 1.29 is 0 Å². The second-order valence-electron chi connectivity index (χ2n) is 14.5. The molecule has 264 valence electrons. The lowest BCUT2D eigenvalue weighted by atomic mass is 9.89. The fourth-order valence-corrected chi connectivity index (χ4v) is 8.47. The number of nitrogens with zero attached hydrogens (tertiary/aromatic N) is 1. The Hall–Kier alpha value is -7.22. The van der Waals surface area contributed by atoms with E-state index < -0.39 is 0 Å². The highest BCUT2D eigenvalue weighted by atomic mass is 15.1. The number of benzene rings is 9. The first-order valence-electron chi connectivity index (χ1n) is 19.4. The minimum Gasteiger partial charge on any atom is -0.311 e. The summed E-state index contributed by atoms with van der Waals surface area (Å²) in [4.78, 5) is 2.36. The standard InChI is InChI=1S/C55H39N/c1-4-14-39(15-5-1)40-24-31-46(32-25-40)56(48-35-28-43(29-36-48)50-21-11-10-20-49(50)42-16-6-2-7-17-42)47-33-26-41(27-34-47)45-30-37-53-54(38-45)51-22-12-13-23-52(51)55(53)44-18-8-3-9-19-44/h1-38,55H. The Bertz CT molecular complexity index is 2750. The number of hydrogen-bond donors (Lipinski definition) is 0. The van der Waals surface area contributed by atoms with E-state index >= 15 is 0 Å². The van der Waals surface area contributed by atoms with Crippen LogP contribution in [0, 0.1) is 0 Å². The van der Waals surface area contributed by atoms with Crippen molar-refractivity contribution in [2.24, 2.45) is 0 Å². The molecular formula is C55H39N. The summed E-state index contributed by atoms with van der Waals surface area (Å²) in [6.07, 6.45) is 0. The first kappa shape index (κ1) is 33.4. The number of fused-ring (bicyclic) bond motifs is 3. The van der Waals surface area contributed by atoms with Crippen LogP contribution < -0.4 is 4.90 Å². The Labute approximate surface area is 329 Å². The molecule has 1 unspecified atom stereocenters. The molecule has 0 spiro atoms. The van der Waals surface area contributed by atoms with Gasteiger partial charge in [0.05, 0.1) is 0 Å². The van der Waals surface area contributed by atoms with E-state index in [0.29, 0.717) is 0 Å². The van der Waals surface area contributed by atoms with Crippen LogP contribution in [0.2, 0.25) is 0 Å². The molecule has 10 rings (SSSR count). The van der Waals surface area contributed by atoms with E-state index in [1.165, 1.54) is 72.3 Å². The zero-order valence-corrected chi connectivity index (χ0v) is 31.0. The van der Waals surface area contributed by atoms with E-state index in [4.69, 9.17) is 0 Å². The molecule has 0 heterocycles. The van der Waals surface area contributed by atoms with E-state index in [1.807, 2.05) is 0 Å². The summed E-state index contributed by atoms with van der Waals surface area (Å²) in [5.41, 5.74) is 19.8. The monoisotopic (exact) mass is 713 g/mol. The van der Waals surface area contributed by atoms with Crippen molar-refractivity contribution in [3.05, 3.63) is 247 Å². The summed E-state index contributed by atoms with van der Waals surface area (Å²) in [6, 6.07) is 83.6. The second-order valence-corrected chi connectivity index (χ2v) is 14.5. The molecule has 0 N–H and O–H groups in total. The second kappa shape index (κ2) is 14.5. The third-order valence-corrected chi connectivity index (χ3v) is 11.2. The van der Waals surface area contributed by atoms with E-state index in [-0.39, 0.29) is 5.92 Å². The fraction of sp³-hybridized carbons (Fsp3) is 0.0182. The average Bonchev–Trinajstić information content (AvgIpc) is 3.62. The van der Waals surface area contributed by atoms with Crippen molar-refractivity contribution in [1.82, 2.24) is 0 Å². The van der Waals surface area contributed by atoms with E-state index in [1.54, 1.807) is 0 Å². The Morgan fingerprint density at radius 2 is 0.625 bits per heavy atom. The van der Waals surface area contributed by atoms with Gasteiger partial charge in [-0.05, 0) is 115 Å². The highest BCUT2D eigenvalue weighted by Crippen LogP contribution is 2.49. The van der Waals surface area contributed by atoms with Gasteiger partial charge in [0.2, 0.25) is 0 Å². The van der Waals surface area contributed by atoms with Crippen LogP contribution in [0.1, 0.15) is 22.6 Å². The number of hydrogen-bond acceptors (Lipinski definition) is 1. The molecule has 0 fully saturated rings. The third kappa shape index (κ3) is 6.20. The molecule has 1 atom stereocenters. The van der Waals surface area contributed by atoms with Crippen LogP contribution in [0.4, 0.5) is 17.1 Å². The molecule has 0 bridgehead atoms. The lowest BCUT2D eigenvalue weighted by Gasteiger charge is -2.26. The molecule has 0 amide bonds. The molecule has 1 heteroatoms. The molecular weight excluding hydrogens is 675 g/mol. The Kier molecular flexibility index (Phi) is 8.67. The maximum atomic E-state index is 2.39. The first-order valence-corrected chi connectivity index (χ1v) is 19.4. The van der Waals surface area contributed by atoms with Crippen LogP contribution in [-0.4, -0.2) is 0 Å². The summed E-state index contributed by atoms with van der Waals surface area (Å²) >= 11 is 0. The van der Waals surface area contributed by atoms with Crippen LogP contribution in [-0.2, 0) is 0 Å². The van der Waals surface area contributed by atoms with Crippen LogP contribution in [0.3, 0.4) is 0 Å². The first-order chi connectivity index (χ1) is 27.8. The van der Waals surface area contributed by atoms with E-state index in [9.17, 15) is 0 Å². The molecule has 1 aliphatic rings. The van der Waals surface area contributed by atoms with Crippen LogP contribution in [0.15, 0.2) is 231 Å². The molecule has 1 aliphatic carbocycles. The topological polar surface area (TPSA) is 3.24 Å². The van der Waals surface area contributed by atoms with Crippen LogP contribution >= 0.6 is 0 Å². The quantitative estimate of drug-likeness (QED) is 0.152. The summed E-state index contributed by atoms with van der Waals surface area (Å²) in [7, 11) is 0. The summed E-state index contributed by atoms with van der Waals surface area (Å²) in [5, 5.41) is 0. The van der Waals surface area contributed by atoms with Gasteiger partial charge in [0, 0.05) is 23.0 Å². The molecule has 1 nitrogen and oxygen atoms in total. The zero-order chi connectivity index (χ0) is 37.3. The van der Waals surface area contributed by atoms with Gasteiger partial charge in [-0.1, -0.05) is 188 Å². The SMILES string of the molecule is c1ccc(-c2ccc(N(c3ccc(-c4ccc5c(c4)-c4ccccc4C5c4ccccc4)cc3)c3ccc(-c4ccccc4-c4ccccc4)cc3)cc2)cc1. The van der Waals surface area contributed by atoms with Gasteiger partial charge < -0.3 is 4.90 Å². The van der Waals surface area contributed by atoms with Crippen molar-refractivity contribution >= 4 is 17.1 Å². The number of anilines is 3. The molecule has 56 heavy (non-hydrogen) atoms. The Morgan fingerprint density at radius 1 is 0.250 bits per heavy atom. The Balaban J connectivity index is 1.01.